The second-order valence-corrected chi connectivity index (χ2v) is 4.90. The number of piperidine rings is 1. The monoisotopic (exact) mass is 252 g/mol. The first-order valence-corrected chi connectivity index (χ1v) is 6.56. The maximum absolute atomic E-state index is 11.4. The van der Waals surface area contributed by atoms with Crippen LogP contribution in [0.2, 0.25) is 0 Å². The van der Waals surface area contributed by atoms with E-state index in [0.29, 0.717) is 23.8 Å². The first-order valence-electron chi connectivity index (χ1n) is 5.17. The molecular formula is C10H21ClN2OS. The number of halogens is 1. The lowest BCUT2D eigenvalue weighted by Crippen LogP contribution is -2.56. The summed E-state index contributed by atoms with van der Waals surface area (Å²) in [7, 11) is 0. The molecule has 15 heavy (non-hydrogen) atoms. The Hall–Kier alpha value is 0.0700. The molecule has 2 N–H and O–H groups in total. The molecule has 3 unspecified atom stereocenters. The van der Waals surface area contributed by atoms with Gasteiger partial charge in [-0.1, -0.05) is 6.92 Å². The lowest BCUT2D eigenvalue weighted by atomic mass is 9.89. The highest BCUT2D eigenvalue weighted by Gasteiger charge is 2.28. The topological polar surface area (TPSA) is 41.1 Å². The van der Waals surface area contributed by atoms with Crippen molar-refractivity contribution in [1.82, 2.24) is 10.6 Å². The van der Waals surface area contributed by atoms with E-state index in [4.69, 9.17) is 0 Å². The number of amides is 1. The fourth-order valence-electron chi connectivity index (χ4n) is 1.96. The summed E-state index contributed by atoms with van der Waals surface area (Å²) >= 11 is 1.57. The smallest absolute Gasteiger partial charge is 0.230 e. The molecule has 0 bridgehead atoms. The van der Waals surface area contributed by atoms with E-state index in [-0.39, 0.29) is 18.3 Å². The van der Waals surface area contributed by atoms with Crippen LogP contribution >= 0.6 is 24.2 Å². The summed E-state index contributed by atoms with van der Waals surface area (Å²) in [6.07, 6.45) is 3.10. The Balaban J connectivity index is 0.00000196. The van der Waals surface area contributed by atoms with Crippen molar-refractivity contribution in [3.8, 4) is 0 Å². The first-order chi connectivity index (χ1) is 6.65. The SMILES string of the molecule is CSCC(=O)NC1C(C)CCNC1C.Cl. The van der Waals surface area contributed by atoms with Crippen molar-refractivity contribution in [3.63, 3.8) is 0 Å². The van der Waals surface area contributed by atoms with Gasteiger partial charge in [0.05, 0.1) is 5.75 Å². The van der Waals surface area contributed by atoms with Gasteiger partial charge in [0.15, 0.2) is 0 Å². The van der Waals surface area contributed by atoms with Crippen molar-refractivity contribution in [2.24, 2.45) is 5.92 Å². The van der Waals surface area contributed by atoms with E-state index in [1.54, 1.807) is 11.8 Å². The Morgan fingerprint density at radius 3 is 2.73 bits per heavy atom. The third-order valence-corrected chi connectivity index (χ3v) is 3.37. The van der Waals surface area contributed by atoms with Crippen molar-refractivity contribution in [2.75, 3.05) is 18.6 Å². The highest BCUT2D eigenvalue weighted by Crippen LogP contribution is 2.16. The Kier molecular flexibility index (Phi) is 7.40. The molecule has 1 amide bonds. The summed E-state index contributed by atoms with van der Waals surface area (Å²) in [5, 5.41) is 6.49. The molecule has 0 saturated carbocycles. The lowest BCUT2D eigenvalue weighted by molar-refractivity contribution is -0.120. The normalized spacial score (nSPS) is 30.5. The van der Waals surface area contributed by atoms with Crippen molar-refractivity contribution < 1.29 is 4.79 Å². The molecule has 0 spiro atoms. The molecule has 1 saturated heterocycles. The Labute approximate surface area is 103 Å². The minimum Gasteiger partial charge on any atom is -0.351 e. The predicted molar refractivity (Wildman–Crippen MR) is 68.8 cm³/mol. The van der Waals surface area contributed by atoms with E-state index in [0.717, 1.165) is 13.0 Å². The molecule has 0 aromatic rings. The van der Waals surface area contributed by atoms with Crippen LogP contribution < -0.4 is 10.6 Å². The van der Waals surface area contributed by atoms with E-state index in [1.165, 1.54) is 0 Å². The lowest BCUT2D eigenvalue weighted by Gasteiger charge is -2.35. The van der Waals surface area contributed by atoms with Gasteiger partial charge in [-0.3, -0.25) is 4.79 Å². The molecule has 1 aliphatic heterocycles. The zero-order chi connectivity index (χ0) is 10.6. The maximum Gasteiger partial charge on any atom is 0.230 e. The van der Waals surface area contributed by atoms with E-state index >= 15 is 0 Å². The largest absolute Gasteiger partial charge is 0.351 e. The average Bonchev–Trinajstić information content (AvgIpc) is 2.12. The van der Waals surface area contributed by atoms with E-state index in [2.05, 4.69) is 24.5 Å². The molecule has 1 fully saturated rings. The molecular weight excluding hydrogens is 232 g/mol. The molecule has 3 nitrogen and oxygen atoms in total. The summed E-state index contributed by atoms with van der Waals surface area (Å²) in [5.41, 5.74) is 0. The molecule has 3 atom stereocenters. The van der Waals surface area contributed by atoms with Gasteiger partial charge in [0, 0.05) is 12.1 Å². The Morgan fingerprint density at radius 2 is 2.20 bits per heavy atom. The molecule has 0 radical (unpaired) electrons. The van der Waals surface area contributed by atoms with Gasteiger partial charge in [0.2, 0.25) is 5.91 Å². The van der Waals surface area contributed by atoms with Crippen molar-refractivity contribution in [1.29, 1.82) is 0 Å². The summed E-state index contributed by atoms with van der Waals surface area (Å²) < 4.78 is 0. The van der Waals surface area contributed by atoms with Crippen LogP contribution in [0.15, 0.2) is 0 Å². The van der Waals surface area contributed by atoms with Gasteiger partial charge in [0.1, 0.15) is 0 Å². The van der Waals surface area contributed by atoms with Gasteiger partial charge >= 0.3 is 0 Å². The first kappa shape index (κ1) is 15.1. The summed E-state index contributed by atoms with van der Waals surface area (Å²) in [6, 6.07) is 0.688. The standard InChI is InChI=1S/C10H20N2OS.ClH/c1-7-4-5-11-8(2)10(7)12-9(13)6-14-3;/h7-8,10-11H,4-6H2,1-3H3,(H,12,13);1H. The average molecular weight is 253 g/mol. The van der Waals surface area contributed by atoms with Crippen LogP contribution in [0.25, 0.3) is 0 Å². The zero-order valence-corrected chi connectivity index (χ0v) is 11.2. The molecule has 1 heterocycles. The molecule has 0 aromatic carbocycles. The van der Waals surface area contributed by atoms with Crippen LogP contribution in [-0.2, 0) is 4.79 Å². The van der Waals surface area contributed by atoms with Crippen molar-refractivity contribution in [2.45, 2.75) is 32.4 Å². The van der Waals surface area contributed by atoms with Crippen LogP contribution in [0, 0.1) is 5.92 Å². The van der Waals surface area contributed by atoms with E-state index in [1.807, 2.05) is 6.26 Å². The molecule has 0 aromatic heterocycles. The second kappa shape index (κ2) is 7.36. The van der Waals surface area contributed by atoms with Crippen molar-refractivity contribution >= 4 is 30.1 Å². The van der Waals surface area contributed by atoms with E-state index in [9.17, 15) is 4.79 Å². The van der Waals surface area contributed by atoms with Gasteiger partial charge in [0.25, 0.3) is 0 Å². The van der Waals surface area contributed by atoms with Gasteiger partial charge in [-0.25, -0.2) is 0 Å². The van der Waals surface area contributed by atoms with Crippen LogP contribution in [0.5, 0.6) is 0 Å². The highest BCUT2D eigenvalue weighted by atomic mass is 35.5. The fourth-order valence-corrected chi connectivity index (χ4v) is 2.31. The third-order valence-electron chi connectivity index (χ3n) is 2.82. The molecule has 0 aliphatic carbocycles. The predicted octanol–water partition coefficient (Wildman–Crippen LogP) is 1.27. The molecule has 90 valence electrons. The number of carbonyl (C=O) groups excluding carboxylic acids is 1. The third kappa shape index (κ3) is 4.62. The van der Waals surface area contributed by atoms with Gasteiger partial charge in [-0.15, -0.1) is 12.4 Å². The van der Waals surface area contributed by atoms with Crippen molar-refractivity contribution in [3.05, 3.63) is 0 Å². The minimum absolute atomic E-state index is 0. The number of thioether (sulfide) groups is 1. The highest BCUT2D eigenvalue weighted by molar-refractivity contribution is 7.99. The summed E-state index contributed by atoms with van der Waals surface area (Å²) in [4.78, 5) is 11.4. The molecule has 5 heteroatoms. The van der Waals surface area contributed by atoms with Crippen LogP contribution in [0.4, 0.5) is 0 Å². The summed E-state index contributed by atoms with van der Waals surface area (Å²) in [6.45, 7) is 5.41. The number of carbonyl (C=O) groups is 1. The number of hydrogen-bond acceptors (Lipinski definition) is 3. The number of hydrogen-bond donors (Lipinski definition) is 2. The second-order valence-electron chi connectivity index (χ2n) is 4.04. The fraction of sp³-hybridized carbons (Fsp3) is 0.900. The Morgan fingerprint density at radius 1 is 1.53 bits per heavy atom. The zero-order valence-electron chi connectivity index (χ0n) is 9.58. The van der Waals surface area contributed by atoms with Crippen LogP contribution in [-0.4, -0.2) is 36.5 Å². The number of nitrogens with one attached hydrogen (secondary N) is 2. The van der Waals surface area contributed by atoms with E-state index < -0.39 is 0 Å². The molecule has 1 rings (SSSR count). The van der Waals surface area contributed by atoms with Gasteiger partial charge in [-0.2, -0.15) is 11.8 Å². The van der Waals surface area contributed by atoms with Gasteiger partial charge < -0.3 is 10.6 Å². The quantitative estimate of drug-likeness (QED) is 0.795. The Bertz CT molecular complexity index is 194. The van der Waals surface area contributed by atoms with Crippen LogP contribution in [0.3, 0.4) is 0 Å². The maximum atomic E-state index is 11.4. The minimum atomic E-state index is 0. The van der Waals surface area contributed by atoms with Gasteiger partial charge in [-0.05, 0) is 32.1 Å². The molecule has 1 aliphatic rings. The number of rotatable bonds is 3. The summed E-state index contributed by atoms with van der Waals surface area (Å²) in [5.74, 6) is 1.30. The van der Waals surface area contributed by atoms with Crippen LogP contribution in [0.1, 0.15) is 20.3 Å².